The Kier molecular flexibility index (Phi) is 9.02. The molecule has 0 radical (unpaired) electrons. The number of carbonyl (C=O) groups is 2. The molecule has 2 heterocycles. The van der Waals surface area contributed by atoms with Gasteiger partial charge in [-0.25, -0.2) is 4.79 Å². The predicted molar refractivity (Wildman–Crippen MR) is 149 cm³/mol. The number of carbonyl (C=O) groups excluding carboxylic acids is 2. The molecule has 2 aromatic heterocycles. The van der Waals surface area contributed by atoms with Crippen LogP contribution in [-0.2, 0) is 22.5 Å². The summed E-state index contributed by atoms with van der Waals surface area (Å²) in [5.41, 5.74) is 3.41. The van der Waals surface area contributed by atoms with Gasteiger partial charge in [0.15, 0.2) is 5.16 Å². The number of thioether (sulfide) groups is 1. The van der Waals surface area contributed by atoms with Crippen LogP contribution < -0.4 is 5.32 Å². The topological polar surface area (TPSA) is 86.1 Å². The van der Waals surface area contributed by atoms with E-state index in [0.29, 0.717) is 33.7 Å². The summed E-state index contributed by atoms with van der Waals surface area (Å²) in [6, 6.07) is 17.7. The number of ether oxygens (including phenoxy) is 1. The number of hydrogen-bond donors (Lipinski definition) is 1. The summed E-state index contributed by atoms with van der Waals surface area (Å²) in [4.78, 5) is 26.3. The maximum absolute atomic E-state index is 12.9. The van der Waals surface area contributed by atoms with Crippen molar-refractivity contribution in [3.05, 3.63) is 92.6 Å². The summed E-state index contributed by atoms with van der Waals surface area (Å²) >= 11 is 8.74. The predicted octanol–water partition coefficient (Wildman–Crippen LogP) is 6.16. The molecule has 7 nitrogen and oxygen atoms in total. The Bertz CT molecular complexity index is 1380. The Labute approximate surface area is 229 Å². The molecule has 0 spiro atoms. The van der Waals surface area contributed by atoms with E-state index in [-0.39, 0.29) is 18.3 Å². The van der Waals surface area contributed by atoms with Crippen molar-refractivity contribution in [1.29, 1.82) is 0 Å². The van der Waals surface area contributed by atoms with Crippen LogP contribution in [0.2, 0.25) is 5.02 Å². The first kappa shape index (κ1) is 26.9. The zero-order valence-corrected chi connectivity index (χ0v) is 23.2. The molecular formula is C27H27ClN4O3S2. The van der Waals surface area contributed by atoms with E-state index in [4.69, 9.17) is 16.3 Å². The van der Waals surface area contributed by atoms with Crippen molar-refractivity contribution in [3.63, 3.8) is 0 Å². The highest BCUT2D eigenvalue weighted by Crippen LogP contribution is 2.33. The van der Waals surface area contributed by atoms with Gasteiger partial charge in [0.05, 0.1) is 24.5 Å². The number of nitrogens with one attached hydrogen (secondary N) is 1. The minimum Gasteiger partial charge on any atom is -0.462 e. The minimum absolute atomic E-state index is 0.113. The Morgan fingerprint density at radius 1 is 1.05 bits per heavy atom. The average molecular weight is 555 g/mol. The number of aromatic nitrogens is 3. The van der Waals surface area contributed by atoms with E-state index in [1.54, 1.807) is 6.92 Å². The number of esters is 1. The number of amides is 1. The largest absolute Gasteiger partial charge is 0.462 e. The second-order valence-electron chi connectivity index (χ2n) is 8.32. The quantitative estimate of drug-likeness (QED) is 0.187. The SMILES string of the molecule is CCOC(=O)c1c(NC(=O)CSc2nnc(Cc3ccccc3)n2Cc2ccc(Cl)cc2)sc(C)c1C. The van der Waals surface area contributed by atoms with Crippen LogP contribution in [0.3, 0.4) is 0 Å². The zero-order valence-electron chi connectivity index (χ0n) is 20.8. The molecule has 0 aliphatic rings. The molecule has 10 heteroatoms. The van der Waals surface area contributed by atoms with Crippen molar-refractivity contribution in [2.24, 2.45) is 0 Å². The molecule has 0 unspecified atom stereocenters. The lowest BCUT2D eigenvalue weighted by Gasteiger charge is -2.11. The Morgan fingerprint density at radius 3 is 2.49 bits per heavy atom. The second kappa shape index (κ2) is 12.4. The summed E-state index contributed by atoms with van der Waals surface area (Å²) in [6.07, 6.45) is 0.616. The highest BCUT2D eigenvalue weighted by atomic mass is 35.5. The summed E-state index contributed by atoms with van der Waals surface area (Å²) in [5, 5.41) is 13.5. The molecule has 0 saturated heterocycles. The van der Waals surface area contributed by atoms with Gasteiger partial charge in [0.2, 0.25) is 5.91 Å². The van der Waals surface area contributed by atoms with Gasteiger partial charge in [-0.2, -0.15) is 0 Å². The van der Waals surface area contributed by atoms with E-state index in [1.165, 1.54) is 23.1 Å². The molecule has 0 aliphatic heterocycles. The van der Waals surface area contributed by atoms with Gasteiger partial charge in [-0.15, -0.1) is 21.5 Å². The normalized spacial score (nSPS) is 10.9. The third kappa shape index (κ3) is 6.80. The molecule has 192 valence electrons. The molecule has 0 aliphatic carbocycles. The number of hydrogen-bond acceptors (Lipinski definition) is 7. The molecule has 0 fully saturated rings. The van der Waals surface area contributed by atoms with Gasteiger partial charge in [0.1, 0.15) is 10.8 Å². The zero-order chi connectivity index (χ0) is 26.4. The maximum atomic E-state index is 12.9. The lowest BCUT2D eigenvalue weighted by Crippen LogP contribution is -2.17. The molecule has 0 saturated carbocycles. The Balaban J connectivity index is 1.51. The summed E-state index contributed by atoms with van der Waals surface area (Å²) in [6.45, 7) is 6.35. The maximum Gasteiger partial charge on any atom is 0.341 e. The summed E-state index contributed by atoms with van der Waals surface area (Å²) in [5.74, 6) is 0.253. The van der Waals surface area contributed by atoms with Gasteiger partial charge in [-0.1, -0.05) is 65.8 Å². The summed E-state index contributed by atoms with van der Waals surface area (Å²) in [7, 11) is 0. The number of anilines is 1. The lowest BCUT2D eigenvalue weighted by molar-refractivity contribution is -0.113. The van der Waals surface area contributed by atoms with Crippen LogP contribution in [0.1, 0.15) is 44.7 Å². The van der Waals surface area contributed by atoms with Crippen molar-refractivity contribution >= 4 is 51.6 Å². The highest BCUT2D eigenvalue weighted by Gasteiger charge is 2.22. The minimum atomic E-state index is -0.430. The molecule has 4 rings (SSSR count). The smallest absolute Gasteiger partial charge is 0.341 e. The Morgan fingerprint density at radius 2 is 1.78 bits per heavy atom. The lowest BCUT2D eigenvalue weighted by atomic mass is 10.1. The van der Waals surface area contributed by atoms with Crippen LogP contribution >= 0.6 is 34.7 Å². The van der Waals surface area contributed by atoms with Crippen molar-refractivity contribution in [2.45, 2.75) is 38.9 Å². The van der Waals surface area contributed by atoms with Gasteiger partial charge in [-0.05, 0) is 49.6 Å². The molecule has 2 aromatic carbocycles. The fourth-order valence-corrected chi connectivity index (χ4v) is 5.67. The van der Waals surface area contributed by atoms with Gasteiger partial charge in [0.25, 0.3) is 0 Å². The highest BCUT2D eigenvalue weighted by molar-refractivity contribution is 7.99. The Hall–Kier alpha value is -3.14. The monoisotopic (exact) mass is 554 g/mol. The van der Waals surface area contributed by atoms with Crippen molar-refractivity contribution in [3.8, 4) is 0 Å². The van der Waals surface area contributed by atoms with Gasteiger partial charge >= 0.3 is 5.97 Å². The molecular weight excluding hydrogens is 528 g/mol. The molecule has 37 heavy (non-hydrogen) atoms. The fraction of sp³-hybridized carbons (Fsp3) is 0.259. The number of halogens is 1. The third-order valence-corrected chi connectivity index (χ3v) is 8.04. The first-order valence-corrected chi connectivity index (χ1v) is 13.9. The number of benzene rings is 2. The van der Waals surface area contributed by atoms with Crippen LogP contribution in [0.4, 0.5) is 5.00 Å². The first-order valence-electron chi connectivity index (χ1n) is 11.8. The van der Waals surface area contributed by atoms with Crippen LogP contribution in [0.15, 0.2) is 59.8 Å². The number of aryl methyl sites for hydroxylation is 1. The van der Waals surface area contributed by atoms with E-state index >= 15 is 0 Å². The molecule has 0 bridgehead atoms. The molecule has 1 N–H and O–H groups in total. The number of nitrogens with zero attached hydrogens (tertiary/aromatic N) is 3. The molecule has 1 amide bonds. The van der Waals surface area contributed by atoms with Crippen molar-refractivity contribution in [1.82, 2.24) is 14.8 Å². The van der Waals surface area contributed by atoms with Crippen LogP contribution in [0.5, 0.6) is 0 Å². The van der Waals surface area contributed by atoms with Crippen molar-refractivity contribution in [2.75, 3.05) is 17.7 Å². The number of rotatable bonds is 10. The van der Waals surface area contributed by atoms with Gasteiger partial charge in [0, 0.05) is 16.3 Å². The van der Waals surface area contributed by atoms with Crippen LogP contribution in [0.25, 0.3) is 0 Å². The van der Waals surface area contributed by atoms with E-state index in [0.717, 1.165) is 27.4 Å². The molecule has 4 aromatic rings. The van der Waals surface area contributed by atoms with E-state index < -0.39 is 5.97 Å². The van der Waals surface area contributed by atoms with Gasteiger partial charge < -0.3 is 14.6 Å². The fourth-order valence-electron chi connectivity index (χ4n) is 3.72. The third-order valence-electron chi connectivity index (χ3n) is 5.70. The summed E-state index contributed by atoms with van der Waals surface area (Å²) < 4.78 is 7.21. The van der Waals surface area contributed by atoms with E-state index in [2.05, 4.69) is 15.5 Å². The van der Waals surface area contributed by atoms with Crippen LogP contribution in [0, 0.1) is 13.8 Å². The second-order valence-corrected chi connectivity index (χ2v) is 10.9. The average Bonchev–Trinajstić information content (AvgIpc) is 3.38. The number of thiophene rings is 1. The standard InChI is InChI=1S/C27H27ClN4O3S2/c1-4-35-26(34)24-17(2)18(3)37-25(24)29-23(33)16-36-27-31-30-22(14-19-8-6-5-7-9-19)32(27)15-20-10-12-21(28)13-11-20/h5-13H,4,14-16H2,1-3H3,(H,29,33). The molecule has 0 atom stereocenters. The van der Waals surface area contributed by atoms with Gasteiger partial charge in [-0.3, -0.25) is 4.79 Å². The van der Waals surface area contributed by atoms with E-state index in [1.807, 2.05) is 73.0 Å². The van der Waals surface area contributed by atoms with Crippen LogP contribution in [-0.4, -0.2) is 39.0 Å². The first-order chi connectivity index (χ1) is 17.9. The van der Waals surface area contributed by atoms with E-state index in [9.17, 15) is 9.59 Å². The van der Waals surface area contributed by atoms with Crippen molar-refractivity contribution < 1.29 is 14.3 Å².